The summed E-state index contributed by atoms with van der Waals surface area (Å²) in [7, 11) is 0. The number of hydrogen-bond donors (Lipinski definition) is 2. The standard InChI is InChI=1S/C16H23ClN2O3S/c1-16(2,3)22-15(21)19-8-4-5-10(9-19)23-14-11(17)6-7-12(18)13(14)20/h6-7,10,20H,4-5,8-9,18H2,1-3H3. The van der Waals surface area contributed by atoms with Gasteiger partial charge in [-0.3, -0.25) is 0 Å². The summed E-state index contributed by atoms with van der Waals surface area (Å²) >= 11 is 7.62. The first kappa shape index (κ1) is 18.1. The van der Waals surface area contributed by atoms with Gasteiger partial charge < -0.3 is 20.5 Å². The number of rotatable bonds is 2. The van der Waals surface area contributed by atoms with Crippen LogP contribution in [0, 0.1) is 0 Å². The van der Waals surface area contributed by atoms with Crippen molar-refractivity contribution in [2.75, 3.05) is 18.8 Å². The van der Waals surface area contributed by atoms with Crippen LogP contribution in [0.25, 0.3) is 0 Å². The summed E-state index contributed by atoms with van der Waals surface area (Å²) < 4.78 is 5.42. The maximum atomic E-state index is 12.2. The minimum absolute atomic E-state index is 0.0110. The molecule has 0 aliphatic carbocycles. The van der Waals surface area contributed by atoms with Crippen molar-refractivity contribution >= 4 is 35.1 Å². The molecular weight excluding hydrogens is 336 g/mol. The summed E-state index contributed by atoms with van der Waals surface area (Å²) in [6.07, 6.45) is 1.53. The van der Waals surface area contributed by atoms with Crippen LogP contribution in [0.1, 0.15) is 33.6 Å². The average Bonchev–Trinajstić information content (AvgIpc) is 2.46. The lowest BCUT2D eigenvalue weighted by atomic mass is 10.1. The van der Waals surface area contributed by atoms with Crippen molar-refractivity contribution in [3.05, 3.63) is 17.2 Å². The molecule has 1 unspecified atom stereocenters. The number of nitrogens with two attached hydrogens (primary N) is 1. The summed E-state index contributed by atoms with van der Waals surface area (Å²) in [6.45, 7) is 6.80. The Balaban J connectivity index is 2.05. The molecule has 0 spiro atoms. The fourth-order valence-corrected chi connectivity index (χ4v) is 3.94. The van der Waals surface area contributed by atoms with Gasteiger partial charge in [-0.05, 0) is 45.7 Å². The van der Waals surface area contributed by atoms with E-state index in [0.717, 1.165) is 12.8 Å². The Morgan fingerprint density at radius 3 is 2.83 bits per heavy atom. The fourth-order valence-electron chi connectivity index (χ4n) is 2.37. The number of amides is 1. The van der Waals surface area contributed by atoms with Crippen molar-refractivity contribution in [2.45, 2.75) is 49.4 Å². The van der Waals surface area contributed by atoms with E-state index in [1.54, 1.807) is 17.0 Å². The number of phenols is 1. The van der Waals surface area contributed by atoms with Gasteiger partial charge in [-0.1, -0.05) is 11.6 Å². The quantitative estimate of drug-likeness (QED) is 0.614. The highest BCUT2D eigenvalue weighted by molar-refractivity contribution is 8.00. The van der Waals surface area contributed by atoms with Crippen molar-refractivity contribution < 1.29 is 14.6 Å². The molecule has 0 radical (unpaired) electrons. The molecule has 23 heavy (non-hydrogen) atoms. The van der Waals surface area contributed by atoms with Crippen LogP contribution >= 0.6 is 23.4 Å². The first-order valence-electron chi connectivity index (χ1n) is 7.59. The second-order valence-electron chi connectivity index (χ2n) is 6.62. The molecule has 1 atom stereocenters. The smallest absolute Gasteiger partial charge is 0.410 e. The number of piperidine rings is 1. The maximum absolute atomic E-state index is 12.2. The Morgan fingerprint density at radius 1 is 1.48 bits per heavy atom. The van der Waals surface area contributed by atoms with Gasteiger partial charge in [0.25, 0.3) is 0 Å². The minimum atomic E-state index is -0.507. The Morgan fingerprint density at radius 2 is 2.17 bits per heavy atom. The van der Waals surface area contributed by atoms with Gasteiger partial charge >= 0.3 is 6.09 Å². The number of halogens is 1. The van der Waals surface area contributed by atoms with E-state index in [4.69, 9.17) is 22.1 Å². The third kappa shape index (κ3) is 4.85. The number of hydrogen-bond acceptors (Lipinski definition) is 5. The number of likely N-dealkylation sites (tertiary alicyclic amines) is 1. The maximum Gasteiger partial charge on any atom is 0.410 e. The average molecular weight is 359 g/mol. The summed E-state index contributed by atoms with van der Waals surface area (Å²) in [5, 5.41) is 10.7. The van der Waals surface area contributed by atoms with Crippen LogP contribution in [0.3, 0.4) is 0 Å². The van der Waals surface area contributed by atoms with E-state index in [1.807, 2.05) is 20.8 Å². The zero-order valence-corrected chi connectivity index (χ0v) is 15.2. The van der Waals surface area contributed by atoms with Gasteiger partial charge in [-0.2, -0.15) is 0 Å². The van der Waals surface area contributed by atoms with Crippen molar-refractivity contribution in [1.29, 1.82) is 0 Å². The van der Waals surface area contributed by atoms with Gasteiger partial charge in [0.15, 0.2) is 5.75 Å². The number of phenolic OH excluding ortho intramolecular Hbond substituents is 1. The molecule has 3 N–H and O–H groups in total. The number of nitrogen functional groups attached to an aromatic ring is 1. The van der Waals surface area contributed by atoms with E-state index in [2.05, 4.69) is 0 Å². The number of benzene rings is 1. The normalized spacial score (nSPS) is 18.8. The van der Waals surface area contributed by atoms with Crippen LogP contribution in [0.5, 0.6) is 5.75 Å². The number of thioether (sulfide) groups is 1. The van der Waals surface area contributed by atoms with E-state index in [1.165, 1.54) is 11.8 Å². The number of nitrogens with zero attached hydrogens (tertiary/aromatic N) is 1. The van der Waals surface area contributed by atoms with Crippen LogP contribution in [0.4, 0.5) is 10.5 Å². The molecule has 1 fully saturated rings. The largest absolute Gasteiger partial charge is 0.505 e. The van der Waals surface area contributed by atoms with Gasteiger partial charge in [-0.25, -0.2) is 4.79 Å². The highest BCUT2D eigenvalue weighted by atomic mass is 35.5. The monoisotopic (exact) mass is 358 g/mol. The summed E-state index contributed by atoms with van der Waals surface area (Å²) in [5.74, 6) is 0.0110. The Hall–Kier alpha value is -1.27. The van der Waals surface area contributed by atoms with Crippen molar-refractivity contribution in [1.82, 2.24) is 4.90 Å². The third-order valence-electron chi connectivity index (χ3n) is 3.43. The summed E-state index contributed by atoms with van der Waals surface area (Å²) in [5.41, 5.74) is 5.53. The molecule has 0 saturated carbocycles. The van der Waals surface area contributed by atoms with Crippen LogP contribution in [0.2, 0.25) is 5.02 Å². The van der Waals surface area contributed by atoms with Crippen molar-refractivity contribution in [3.63, 3.8) is 0 Å². The van der Waals surface area contributed by atoms with E-state index in [0.29, 0.717) is 28.7 Å². The Bertz CT molecular complexity index is 589. The van der Waals surface area contributed by atoms with Gasteiger partial charge in [0.1, 0.15) is 5.60 Å². The zero-order chi connectivity index (χ0) is 17.2. The second-order valence-corrected chi connectivity index (χ2v) is 8.34. The molecule has 0 bridgehead atoms. The van der Waals surface area contributed by atoms with Gasteiger partial charge in [0.05, 0.1) is 15.6 Å². The predicted octanol–water partition coefficient (Wildman–Crippen LogP) is 4.12. The predicted molar refractivity (Wildman–Crippen MR) is 94.2 cm³/mol. The first-order chi connectivity index (χ1) is 10.7. The minimum Gasteiger partial charge on any atom is -0.505 e. The molecule has 1 aromatic rings. The van der Waals surface area contributed by atoms with E-state index in [-0.39, 0.29) is 17.1 Å². The number of aromatic hydroxyl groups is 1. The van der Waals surface area contributed by atoms with Crippen LogP contribution in [-0.4, -0.2) is 40.0 Å². The highest BCUT2D eigenvalue weighted by Gasteiger charge is 2.29. The number of anilines is 1. The highest BCUT2D eigenvalue weighted by Crippen LogP contribution is 2.42. The van der Waals surface area contributed by atoms with Crippen LogP contribution in [0.15, 0.2) is 17.0 Å². The molecule has 2 rings (SSSR count). The van der Waals surface area contributed by atoms with Crippen molar-refractivity contribution in [3.8, 4) is 5.75 Å². The molecule has 1 amide bonds. The lowest BCUT2D eigenvalue weighted by molar-refractivity contribution is 0.0220. The molecule has 7 heteroatoms. The summed E-state index contributed by atoms with van der Waals surface area (Å²) in [4.78, 5) is 14.5. The lowest BCUT2D eigenvalue weighted by Crippen LogP contribution is -2.43. The van der Waals surface area contributed by atoms with E-state index in [9.17, 15) is 9.90 Å². The number of carbonyl (C=O) groups excluding carboxylic acids is 1. The molecule has 1 aromatic carbocycles. The SMILES string of the molecule is CC(C)(C)OC(=O)N1CCCC(Sc2c(Cl)ccc(N)c2O)C1. The molecule has 1 saturated heterocycles. The number of ether oxygens (including phenoxy) is 1. The third-order valence-corrected chi connectivity index (χ3v) is 5.22. The molecule has 1 heterocycles. The lowest BCUT2D eigenvalue weighted by Gasteiger charge is -2.34. The van der Waals surface area contributed by atoms with Gasteiger partial charge in [0.2, 0.25) is 0 Å². The summed E-state index contributed by atoms with van der Waals surface area (Å²) in [6, 6.07) is 3.25. The zero-order valence-electron chi connectivity index (χ0n) is 13.6. The molecule has 128 valence electrons. The van der Waals surface area contributed by atoms with Crippen LogP contribution < -0.4 is 5.73 Å². The van der Waals surface area contributed by atoms with E-state index < -0.39 is 5.60 Å². The Labute approximate surface area is 146 Å². The van der Waals surface area contributed by atoms with Gasteiger partial charge in [0, 0.05) is 18.3 Å². The van der Waals surface area contributed by atoms with Crippen molar-refractivity contribution in [2.24, 2.45) is 0 Å². The molecule has 1 aliphatic heterocycles. The van der Waals surface area contributed by atoms with E-state index >= 15 is 0 Å². The molecule has 1 aliphatic rings. The molecule has 5 nitrogen and oxygen atoms in total. The topological polar surface area (TPSA) is 75.8 Å². The van der Waals surface area contributed by atoms with Crippen LogP contribution in [-0.2, 0) is 4.74 Å². The Kier molecular flexibility index (Phi) is 5.57. The number of carbonyl (C=O) groups is 1. The molecule has 0 aromatic heterocycles. The first-order valence-corrected chi connectivity index (χ1v) is 8.84. The fraction of sp³-hybridized carbons (Fsp3) is 0.562. The molecular formula is C16H23ClN2O3S. The van der Waals surface area contributed by atoms with Gasteiger partial charge in [-0.15, -0.1) is 11.8 Å². The second kappa shape index (κ2) is 7.09.